The quantitative estimate of drug-likeness (QED) is 0.424. The van der Waals surface area contributed by atoms with Crippen molar-refractivity contribution in [2.45, 2.75) is 38.0 Å². The van der Waals surface area contributed by atoms with Gasteiger partial charge in [0, 0.05) is 36.7 Å². The molecule has 9 heteroatoms. The smallest absolute Gasteiger partial charge is 0.262 e. The maximum absolute atomic E-state index is 12.9. The first kappa shape index (κ1) is 26.5. The van der Waals surface area contributed by atoms with Gasteiger partial charge in [-0.2, -0.15) is 10.1 Å². The Morgan fingerprint density at radius 2 is 1.59 bits per heavy atom. The van der Waals surface area contributed by atoms with E-state index in [0.717, 1.165) is 16.8 Å². The largest absolute Gasteiger partial charge is 0.497 e. The summed E-state index contributed by atoms with van der Waals surface area (Å²) in [5.74, 6) is 0.475. The van der Waals surface area contributed by atoms with Crippen molar-refractivity contribution in [1.29, 1.82) is 0 Å². The van der Waals surface area contributed by atoms with Crippen LogP contribution in [0.2, 0.25) is 0 Å². The molecule has 0 fully saturated rings. The molecule has 0 aliphatic carbocycles. The number of nitrogens with one attached hydrogen (secondary N) is 1. The van der Waals surface area contributed by atoms with Crippen LogP contribution in [0, 0.1) is 13.8 Å². The summed E-state index contributed by atoms with van der Waals surface area (Å²) in [6.45, 7) is 4.11. The number of hydrogen-bond acceptors (Lipinski definition) is 7. The molecule has 5 rings (SSSR count). The van der Waals surface area contributed by atoms with E-state index in [0.29, 0.717) is 28.8 Å². The van der Waals surface area contributed by atoms with Crippen molar-refractivity contribution in [1.82, 2.24) is 5.01 Å². The first-order valence-corrected chi connectivity index (χ1v) is 13.5. The van der Waals surface area contributed by atoms with E-state index in [1.165, 1.54) is 22.9 Å². The summed E-state index contributed by atoms with van der Waals surface area (Å²) in [5, 5.41) is 9.48. The normalized spacial score (nSPS) is 18.6. The highest BCUT2D eigenvalue weighted by atomic mass is 32.2. The molecule has 2 aliphatic heterocycles. The standard InChI is InChI=1S/C30H30N4O4S/c1-18-5-9-20(10-6-18)25-16-26(21-11-7-19(2)8-12-21)34(33-25)30-32-29(36)27(39-30)17-28(35)31-22-13-23(37-3)15-24(14-22)38-4/h5-15,26-27H,16-17H2,1-4H3,(H,31,35)/t26-,27-/m1/s1. The zero-order chi connectivity index (χ0) is 27.5. The second kappa shape index (κ2) is 11.3. The van der Waals surface area contributed by atoms with Crippen molar-refractivity contribution in [2.24, 2.45) is 10.1 Å². The number of methoxy groups -OCH3 is 2. The lowest BCUT2D eigenvalue weighted by Gasteiger charge is -2.23. The first-order chi connectivity index (χ1) is 18.8. The van der Waals surface area contributed by atoms with Gasteiger partial charge in [0.15, 0.2) is 5.17 Å². The number of nitrogens with zero attached hydrogens (tertiary/aromatic N) is 3. The van der Waals surface area contributed by atoms with Crippen LogP contribution in [0.15, 0.2) is 76.8 Å². The van der Waals surface area contributed by atoms with Gasteiger partial charge in [0.25, 0.3) is 5.91 Å². The first-order valence-electron chi connectivity index (χ1n) is 12.7. The number of hydrazone groups is 1. The molecule has 3 aromatic carbocycles. The molecule has 0 unspecified atom stereocenters. The molecule has 0 saturated carbocycles. The lowest BCUT2D eigenvalue weighted by Crippen LogP contribution is -2.25. The minimum absolute atomic E-state index is 0.0202. The number of carbonyl (C=O) groups is 2. The lowest BCUT2D eigenvalue weighted by atomic mass is 9.97. The molecular weight excluding hydrogens is 512 g/mol. The fourth-order valence-corrected chi connectivity index (χ4v) is 5.58. The lowest BCUT2D eigenvalue weighted by molar-refractivity contribution is -0.121. The summed E-state index contributed by atoms with van der Waals surface area (Å²) < 4.78 is 10.5. The zero-order valence-electron chi connectivity index (χ0n) is 22.3. The second-order valence-electron chi connectivity index (χ2n) is 9.58. The second-order valence-corrected chi connectivity index (χ2v) is 10.8. The highest BCUT2D eigenvalue weighted by Gasteiger charge is 2.39. The van der Waals surface area contributed by atoms with Gasteiger partial charge in [0.05, 0.1) is 26.0 Å². The molecule has 2 heterocycles. The number of amidine groups is 1. The van der Waals surface area contributed by atoms with Gasteiger partial charge < -0.3 is 14.8 Å². The van der Waals surface area contributed by atoms with E-state index in [4.69, 9.17) is 14.6 Å². The highest BCUT2D eigenvalue weighted by Crippen LogP contribution is 2.39. The number of rotatable bonds is 7. The molecule has 0 bridgehead atoms. The predicted octanol–water partition coefficient (Wildman–Crippen LogP) is 5.50. The summed E-state index contributed by atoms with van der Waals surface area (Å²) in [4.78, 5) is 30.1. The van der Waals surface area contributed by atoms with Crippen LogP contribution in [0.3, 0.4) is 0 Å². The molecule has 2 atom stereocenters. The molecule has 200 valence electrons. The molecule has 0 aromatic heterocycles. The van der Waals surface area contributed by atoms with Crippen LogP contribution in [-0.2, 0) is 9.59 Å². The Labute approximate surface area is 232 Å². The molecule has 3 aromatic rings. The van der Waals surface area contributed by atoms with E-state index < -0.39 is 5.25 Å². The van der Waals surface area contributed by atoms with Gasteiger partial charge in [0.1, 0.15) is 16.7 Å². The monoisotopic (exact) mass is 542 g/mol. The van der Waals surface area contributed by atoms with Crippen molar-refractivity contribution in [3.05, 3.63) is 89.0 Å². The number of amides is 2. The predicted molar refractivity (Wildman–Crippen MR) is 155 cm³/mol. The summed E-state index contributed by atoms with van der Waals surface area (Å²) in [6.07, 6.45) is 0.663. The number of carbonyl (C=O) groups excluding carboxylic acids is 2. The molecule has 8 nitrogen and oxygen atoms in total. The van der Waals surface area contributed by atoms with E-state index in [-0.39, 0.29) is 24.3 Å². The SMILES string of the molecule is COc1cc(NC(=O)C[C@H]2SC(N3N=C(c4ccc(C)cc4)C[C@@H]3c3ccc(C)cc3)=NC2=O)cc(OC)c1. The van der Waals surface area contributed by atoms with Crippen molar-refractivity contribution < 1.29 is 19.1 Å². The molecule has 39 heavy (non-hydrogen) atoms. The number of ether oxygens (including phenoxy) is 2. The maximum atomic E-state index is 12.9. The van der Waals surface area contributed by atoms with E-state index in [9.17, 15) is 9.59 Å². The number of thioether (sulfide) groups is 1. The average Bonchev–Trinajstić information content (AvgIpc) is 3.53. The topological polar surface area (TPSA) is 92.6 Å². The average molecular weight is 543 g/mol. The van der Waals surface area contributed by atoms with E-state index >= 15 is 0 Å². The van der Waals surface area contributed by atoms with Crippen molar-refractivity contribution in [3.8, 4) is 11.5 Å². The number of hydrogen-bond donors (Lipinski definition) is 1. The Morgan fingerprint density at radius 1 is 0.974 bits per heavy atom. The van der Waals surface area contributed by atoms with Crippen molar-refractivity contribution in [3.63, 3.8) is 0 Å². The Bertz CT molecular complexity index is 1430. The molecule has 1 N–H and O–H groups in total. The van der Waals surface area contributed by atoms with Crippen molar-refractivity contribution >= 4 is 40.1 Å². The van der Waals surface area contributed by atoms with E-state index in [1.54, 1.807) is 32.4 Å². The third kappa shape index (κ3) is 5.98. The molecule has 0 radical (unpaired) electrons. The van der Waals surface area contributed by atoms with Crippen LogP contribution < -0.4 is 14.8 Å². The maximum Gasteiger partial charge on any atom is 0.262 e. The molecular formula is C30H30N4O4S. The molecule has 2 amide bonds. The number of anilines is 1. The number of aliphatic imine (C=N–C) groups is 1. The van der Waals surface area contributed by atoms with Crippen LogP contribution in [0.4, 0.5) is 5.69 Å². The van der Waals surface area contributed by atoms with Crippen molar-refractivity contribution in [2.75, 3.05) is 19.5 Å². The van der Waals surface area contributed by atoms with Crippen LogP contribution in [0.25, 0.3) is 0 Å². The minimum Gasteiger partial charge on any atom is -0.497 e. The Hall–Kier alpha value is -4.11. The molecule has 2 aliphatic rings. The van der Waals surface area contributed by atoms with Gasteiger partial charge in [-0.25, -0.2) is 5.01 Å². The fourth-order valence-electron chi connectivity index (χ4n) is 4.52. The van der Waals surface area contributed by atoms with Gasteiger partial charge >= 0.3 is 0 Å². The van der Waals surface area contributed by atoms with E-state index in [1.807, 2.05) is 5.01 Å². The summed E-state index contributed by atoms with van der Waals surface area (Å²) in [6, 6.07) is 21.6. The Morgan fingerprint density at radius 3 is 2.21 bits per heavy atom. The zero-order valence-corrected chi connectivity index (χ0v) is 23.1. The van der Waals surface area contributed by atoms with E-state index in [2.05, 4.69) is 72.7 Å². The van der Waals surface area contributed by atoms with Crippen LogP contribution in [-0.4, -0.2) is 47.2 Å². The summed E-state index contributed by atoms with van der Waals surface area (Å²) in [5.41, 5.74) is 5.95. The van der Waals surface area contributed by atoms with Gasteiger partial charge in [-0.05, 0) is 25.0 Å². The third-order valence-corrected chi connectivity index (χ3v) is 7.83. The van der Waals surface area contributed by atoms with Gasteiger partial charge in [-0.15, -0.1) is 0 Å². The van der Waals surface area contributed by atoms with Crippen LogP contribution in [0.5, 0.6) is 11.5 Å². The highest BCUT2D eigenvalue weighted by molar-refractivity contribution is 8.15. The minimum atomic E-state index is -0.634. The third-order valence-electron chi connectivity index (χ3n) is 6.69. The Kier molecular flexibility index (Phi) is 7.70. The number of benzene rings is 3. The van der Waals surface area contributed by atoms with Gasteiger partial charge in [-0.3, -0.25) is 9.59 Å². The van der Waals surface area contributed by atoms with Crippen LogP contribution in [0.1, 0.15) is 41.1 Å². The summed E-state index contributed by atoms with van der Waals surface area (Å²) >= 11 is 1.28. The Balaban J connectivity index is 1.33. The molecule has 0 saturated heterocycles. The summed E-state index contributed by atoms with van der Waals surface area (Å²) in [7, 11) is 3.09. The van der Waals surface area contributed by atoms with Gasteiger partial charge in [-0.1, -0.05) is 71.4 Å². The molecule has 0 spiro atoms. The fraction of sp³-hybridized carbons (Fsp3) is 0.267. The van der Waals surface area contributed by atoms with Crippen LogP contribution >= 0.6 is 11.8 Å². The van der Waals surface area contributed by atoms with Gasteiger partial charge in [0.2, 0.25) is 5.91 Å². The number of aryl methyl sites for hydroxylation is 2.